The van der Waals surface area contributed by atoms with Crippen LogP contribution in [-0.4, -0.2) is 11.8 Å². The van der Waals surface area contributed by atoms with E-state index in [9.17, 15) is 4.79 Å². The summed E-state index contributed by atoms with van der Waals surface area (Å²) >= 11 is 0. The zero-order valence-electron chi connectivity index (χ0n) is 7.18. The number of hydrogen-bond acceptors (Lipinski definition) is 2. The van der Waals surface area contributed by atoms with Gasteiger partial charge in [-0.3, -0.25) is 4.79 Å². The van der Waals surface area contributed by atoms with Gasteiger partial charge in [0.1, 0.15) is 0 Å². The van der Waals surface area contributed by atoms with Crippen LogP contribution in [0.25, 0.3) is 0 Å². The van der Waals surface area contributed by atoms with Gasteiger partial charge >= 0.3 is 0 Å². The van der Waals surface area contributed by atoms with Gasteiger partial charge in [0.05, 0.1) is 6.04 Å². The Labute approximate surface area is 67.7 Å². The minimum absolute atomic E-state index is 0.0440. The van der Waals surface area contributed by atoms with E-state index in [-0.39, 0.29) is 12.0 Å². The van der Waals surface area contributed by atoms with Crippen LogP contribution in [0.5, 0.6) is 0 Å². The van der Waals surface area contributed by atoms with Crippen LogP contribution >= 0.6 is 0 Å². The van der Waals surface area contributed by atoms with Gasteiger partial charge in [-0.15, -0.1) is 0 Å². The third kappa shape index (κ3) is 1.82. The molecule has 1 N–H and O–H groups in total. The van der Waals surface area contributed by atoms with Gasteiger partial charge in [-0.25, -0.2) is 0 Å². The van der Waals surface area contributed by atoms with Crippen molar-refractivity contribution >= 4 is 5.78 Å². The molecule has 1 atom stereocenters. The highest BCUT2D eigenvalue weighted by molar-refractivity contribution is 5.86. The third-order valence-electron chi connectivity index (χ3n) is 2.03. The van der Waals surface area contributed by atoms with E-state index in [2.05, 4.69) is 11.9 Å². The number of hydrogen-bond donors (Lipinski definition) is 1. The minimum Gasteiger partial charge on any atom is -0.379 e. The zero-order chi connectivity index (χ0) is 8.43. The molecular formula is C9H15NO. The topological polar surface area (TPSA) is 29.1 Å². The van der Waals surface area contributed by atoms with Crippen molar-refractivity contribution < 1.29 is 4.79 Å². The number of carbonyl (C=O) groups excluding carboxylic acids is 1. The predicted octanol–water partition coefficient (Wildman–Crippen LogP) is 1.48. The summed E-state index contributed by atoms with van der Waals surface area (Å²) in [7, 11) is 0. The summed E-state index contributed by atoms with van der Waals surface area (Å²) in [6.07, 6.45) is 1.87. The summed E-state index contributed by atoms with van der Waals surface area (Å²) in [5.74, 6) is 0.446. The SMILES string of the molecule is C=C1CCC(C(=O)C(C)C)N1. The molecule has 1 fully saturated rings. The molecule has 0 aromatic rings. The van der Waals surface area contributed by atoms with Crippen molar-refractivity contribution in [1.82, 2.24) is 5.32 Å². The zero-order valence-corrected chi connectivity index (χ0v) is 7.18. The molecule has 2 nitrogen and oxygen atoms in total. The smallest absolute Gasteiger partial charge is 0.157 e. The minimum atomic E-state index is 0.0440. The molecule has 0 saturated carbocycles. The molecule has 1 aliphatic rings. The monoisotopic (exact) mass is 153 g/mol. The predicted molar refractivity (Wildman–Crippen MR) is 45.1 cm³/mol. The van der Waals surface area contributed by atoms with Gasteiger partial charge in [-0.05, 0) is 12.8 Å². The Kier molecular flexibility index (Phi) is 2.32. The molecule has 0 radical (unpaired) electrons. The van der Waals surface area contributed by atoms with Gasteiger partial charge in [0.25, 0.3) is 0 Å². The van der Waals surface area contributed by atoms with Crippen molar-refractivity contribution in [2.45, 2.75) is 32.7 Å². The molecule has 0 aromatic heterocycles. The Hall–Kier alpha value is -0.790. The Balaban J connectivity index is 2.50. The molecule has 2 heteroatoms. The molecule has 1 saturated heterocycles. The summed E-state index contributed by atoms with van der Waals surface area (Å²) < 4.78 is 0. The van der Waals surface area contributed by atoms with E-state index in [0.717, 1.165) is 18.5 Å². The van der Waals surface area contributed by atoms with Gasteiger partial charge in [-0.2, -0.15) is 0 Å². The molecule has 0 amide bonds. The van der Waals surface area contributed by atoms with Crippen LogP contribution in [0.15, 0.2) is 12.3 Å². The van der Waals surface area contributed by atoms with Crippen LogP contribution in [0.4, 0.5) is 0 Å². The highest BCUT2D eigenvalue weighted by Crippen LogP contribution is 2.16. The fourth-order valence-corrected chi connectivity index (χ4v) is 1.33. The molecule has 0 spiro atoms. The Morgan fingerprint density at radius 2 is 2.36 bits per heavy atom. The lowest BCUT2D eigenvalue weighted by molar-refractivity contribution is -0.123. The molecule has 1 rings (SSSR count). The van der Waals surface area contributed by atoms with E-state index in [1.165, 1.54) is 0 Å². The maximum atomic E-state index is 11.4. The average molecular weight is 153 g/mol. The third-order valence-corrected chi connectivity index (χ3v) is 2.03. The lowest BCUT2D eigenvalue weighted by atomic mass is 10.0. The second-order valence-electron chi connectivity index (χ2n) is 3.40. The van der Waals surface area contributed by atoms with Gasteiger partial charge < -0.3 is 5.32 Å². The highest BCUT2D eigenvalue weighted by atomic mass is 16.1. The van der Waals surface area contributed by atoms with Crippen LogP contribution in [0.3, 0.4) is 0 Å². The number of carbonyl (C=O) groups is 1. The van der Waals surface area contributed by atoms with Gasteiger partial charge in [0.15, 0.2) is 5.78 Å². The first-order chi connectivity index (χ1) is 5.11. The van der Waals surface area contributed by atoms with Crippen molar-refractivity contribution in [3.05, 3.63) is 12.3 Å². The summed E-state index contributed by atoms with van der Waals surface area (Å²) in [5.41, 5.74) is 1.00. The molecule has 1 aliphatic heterocycles. The van der Waals surface area contributed by atoms with Crippen molar-refractivity contribution in [2.24, 2.45) is 5.92 Å². The van der Waals surface area contributed by atoms with Crippen LogP contribution < -0.4 is 5.32 Å². The second-order valence-corrected chi connectivity index (χ2v) is 3.40. The molecule has 11 heavy (non-hydrogen) atoms. The van der Waals surface area contributed by atoms with E-state index in [4.69, 9.17) is 0 Å². The fraction of sp³-hybridized carbons (Fsp3) is 0.667. The Morgan fingerprint density at radius 3 is 2.73 bits per heavy atom. The maximum absolute atomic E-state index is 11.4. The van der Waals surface area contributed by atoms with Crippen LogP contribution in [0.1, 0.15) is 26.7 Å². The standard InChI is InChI=1S/C9H15NO/c1-6(2)9(11)8-5-4-7(3)10-8/h6,8,10H,3-5H2,1-2H3. The van der Waals surface area contributed by atoms with Crippen LogP contribution in [0, 0.1) is 5.92 Å². The van der Waals surface area contributed by atoms with Crippen molar-refractivity contribution in [3.8, 4) is 0 Å². The molecule has 0 bridgehead atoms. The van der Waals surface area contributed by atoms with Gasteiger partial charge in [0.2, 0.25) is 0 Å². The molecular weight excluding hydrogens is 138 g/mol. The molecule has 1 unspecified atom stereocenters. The summed E-state index contributed by atoms with van der Waals surface area (Å²) in [5, 5.41) is 3.09. The Bertz CT molecular complexity index is 184. The first kappa shape index (κ1) is 8.31. The van der Waals surface area contributed by atoms with Crippen molar-refractivity contribution in [2.75, 3.05) is 0 Å². The first-order valence-electron chi connectivity index (χ1n) is 4.09. The lowest BCUT2D eigenvalue weighted by Gasteiger charge is -2.11. The lowest BCUT2D eigenvalue weighted by Crippen LogP contribution is -2.32. The largest absolute Gasteiger partial charge is 0.379 e. The maximum Gasteiger partial charge on any atom is 0.157 e. The van der Waals surface area contributed by atoms with Crippen molar-refractivity contribution in [3.63, 3.8) is 0 Å². The van der Waals surface area contributed by atoms with Crippen LogP contribution in [-0.2, 0) is 4.79 Å². The second kappa shape index (κ2) is 3.07. The number of Topliss-reactive ketones (excluding diaryl/α,β-unsaturated/α-hetero) is 1. The first-order valence-corrected chi connectivity index (χ1v) is 4.09. The molecule has 62 valence electrons. The van der Waals surface area contributed by atoms with E-state index in [0.29, 0.717) is 5.78 Å². The van der Waals surface area contributed by atoms with E-state index in [1.807, 2.05) is 13.8 Å². The summed E-state index contributed by atoms with van der Waals surface area (Å²) in [6, 6.07) is 0.0440. The fourth-order valence-electron chi connectivity index (χ4n) is 1.33. The van der Waals surface area contributed by atoms with Gasteiger partial charge in [-0.1, -0.05) is 20.4 Å². The highest BCUT2D eigenvalue weighted by Gasteiger charge is 2.25. The van der Waals surface area contributed by atoms with Crippen molar-refractivity contribution in [1.29, 1.82) is 0 Å². The summed E-state index contributed by atoms with van der Waals surface area (Å²) in [6.45, 7) is 7.65. The number of nitrogens with one attached hydrogen (secondary N) is 1. The molecule has 0 aromatic carbocycles. The van der Waals surface area contributed by atoms with E-state index < -0.39 is 0 Å². The van der Waals surface area contributed by atoms with Gasteiger partial charge in [0, 0.05) is 11.6 Å². The van der Waals surface area contributed by atoms with E-state index >= 15 is 0 Å². The number of allylic oxidation sites excluding steroid dienone is 1. The quantitative estimate of drug-likeness (QED) is 0.651. The van der Waals surface area contributed by atoms with Crippen LogP contribution in [0.2, 0.25) is 0 Å². The Morgan fingerprint density at radius 1 is 1.73 bits per heavy atom. The molecule has 0 aliphatic carbocycles. The number of rotatable bonds is 2. The number of ketones is 1. The van der Waals surface area contributed by atoms with E-state index in [1.54, 1.807) is 0 Å². The summed E-state index contributed by atoms with van der Waals surface area (Å²) in [4.78, 5) is 11.4. The molecule has 1 heterocycles. The average Bonchev–Trinajstić information content (AvgIpc) is 2.34. The normalized spacial score (nSPS) is 23.9.